The zero-order valence-corrected chi connectivity index (χ0v) is 17.4. The summed E-state index contributed by atoms with van der Waals surface area (Å²) in [5, 5.41) is 11.8. The largest absolute Gasteiger partial charge is 0.382 e. The molecular weight excluding hydrogens is 460 g/mol. The summed E-state index contributed by atoms with van der Waals surface area (Å²) in [5.41, 5.74) is 7.59. The number of nitriles is 1. The molecule has 0 aliphatic heterocycles. The number of nitrogens with two attached hydrogens (primary N) is 1. The predicted octanol–water partition coefficient (Wildman–Crippen LogP) is 3.95. The maximum absolute atomic E-state index is 12.7. The number of anilines is 1. The molecule has 0 fully saturated rings. The number of nitrogens with zero attached hydrogens (tertiary/aromatic N) is 4. The number of thiophene rings is 1. The van der Waals surface area contributed by atoms with Gasteiger partial charge in [-0.2, -0.15) is 5.26 Å². The van der Waals surface area contributed by atoms with Gasteiger partial charge in [-0.1, -0.05) is 39.8 Å². The Morgan fingerprint density at radius 2 is 2.07 bits per heavy atom. The molecule has 0 saturated carbocycles. The number of halogens is 1. The van der Waals surface area contributed by atoms with Crippen LogP contribution in [0, 0.1) is 11.3 Å². The number of H-pyrrole nitrogens is 1. The summed E-state index contributed by atoms with van der Waals surface area (Å²) in [6, 6.07) is 9.72. The lowest BCUT2D eigenvalue weighted by Gasteiger charge is -2.03. The van der Waals surface area contributed by atoms with Crippen molar-refractivity contribution in [3.05, 3.63) is 62.1 Å². The van der Waals surface area contributed by atoms with Crippen LogP contribution in [0.2, 0.25) is 0 Å². The second kappa shape index (κ2) is 7.71. The van der Waals surface area contributed by atoms with Crippen LogP contribution in [0.15, 0.2) is 50.3 Å². The Morgan fingerprint density at radius 1 is 1.29 bits per heavy atom. The molecule has 28 heavy (non-hydrogen) atoms. The summed E-state index contributed by atoms with van der Waals surface area (Å²) < 4.78 is 0.979. The van der Waals surface area contributed by atoms with Gasteiger partial charge in [-0.05, 0) is 17.7 Å². The van der Waals surface area contributed by atoms with Gasteiger partial charge in [0, 0.05) is 15.4 Å². The lowest BCUT2D eigenvalue weighted by atomic mass is 10.1. The van der Waals surface area contributed by atoms with E-state index in [0.29, 0.717) is 27.0 Å². The van der Waals surface area contributed by atoms with Gasteiger partial charge in [-0.15, -0.1) is 11.3 Å². The molecule has 138 valence electrons. The Kier molecular flexibility index (Phi) is 5.13. The minimum atomic E-state index is -0.181. The van der Waals surface area contributed by atoms with E-state index in [0.717, 1.165) is 15.6 Å². The van der Waals surface area contributed by atoms with E-state index in [2.05, 4.69) is 35.9 Å². The van der Waals surface area contributed by atoms with Crippen molar-refractivity contribution in [3.63, 3.8) is 0 Å². The first-order valence-electron chi connectivity index (χ1n) is 7.97. The highest BCUT2D eigenvalue weighted by atomic mass is 79.9. The molecule has 0 amide bonds. The normalized spacial score (nSPS) is 10.9. The minimum Gasteiger partial charge on any atom is -0.382 e. The minimum absolute atomic E-state index is 0.134. The highest BCUT2D eigenvalue weighted by Crippen LogP contribution is 2.31. The Morgan fingerprint density at radius 3 is 2.79 bits per heavy atom. The summed E-state index contributed by atoms with van der Waals surface area (Å²) in [4.78, 5) is 28.9. The van der Waals surface area contributed by atoms with Gasteiger partial charge in [0.25, 0.3) is 5.56 Å². The van der Waals surface area contributed by atoms with E-state index < -0.39 is 0 Å². The SMILES string of the molecule is N#Cc1cnc(SCc2nc3scc(-c4ccc(Br)cc4)c3c(=O)[nH]2)nc1N. The van der Waals surface area contributed by atoms with Crippen LogP contribution in [-0.2, 0) is 5.75 Å². The Balaban J connectivity index is 1.62. The first kappa shape index (κ1) is 18.6. The van der Waals surface area contributed by atoms with E-state index in [9.17, 15) is 4.79 Å². The topological polar surface area (TPSA) is 121 Å². The van der Waals surface area contributed by atoms with Gasteiger partial charge >= 0.3 is 0 Å². The van der Waals surface area contributed by atoms with Crippen LogP contribution in [0.1, 0.15) is 11.4 Å². The zero-order chi connectivity index (χ0) is 19.7. The van der Waals surface area contributed by atoms with Crippen molar-refractivity contribution in [1.82, 2.24) is 19.9 Å². The van der Waals surface area contributed by atoms with Crippen LogP contribution in [0.5, 0.6) is 0 Å². The fourth-order valence-electron chi connectivity index (χ4n) is 2.57. The lowest BCUT2D eigenvalue weighted by Crippen LogP contribution is -2.11. The molecule has 0 bridgehead atoms. The Hall–Kier alpha value is -2.74. The van der Waals surface area contributed by atoms with E-state index in [1.807, 2.05) is 35.7 Å². The number of nitrogen functional groups attached to an aromatic ring is 1. The summed E-state index contributed by atoms with van der Waals surface area (Å²) >= 11 is 6.13. The smallest absolute Gasteiger partial charge is 0.260 e. The molecule has 4 rings (SSSR count). The molecular formula is C18H11BrN6OS2. The van der Waals surface area contributed by atoms with Crippen molar-refractivity contribution < 1.29 is 0 Å². The maximum atomic E-state index is 12.7. The van der Waals surface area contributed by atoms with Crippen LogP contribution in [0.3, 0.4) is 0 Å². The second-order valence-electron chi connectivity index (χ2n) is 5.70. The third-order valence-corrected chi connectivity index (χ3v) is 6.18. The van der Waals surface area contributed by atoms with E-state index in [4.69, 9.17) is 11.0 Å². The van der Waals surface area contributed by atoms with Crippen LogP contribution in [0.4, 0.5) is 5.82 Å². The monoisotopic (exact) mass is 470 g/mol. The maximum Gasteiger partial charge on any atom is 0.260 e. The third kappa shape index (κ3) is 3.64. The first-order chi connectivity index (χ1) is 13.5. The molecule has 3 aromatic heterocycles. The highest BCUT2D eigenvalue weighted by Gasteiger charge is 2.13. The van der Waals surface area contributed by atoms with Crippen LogP contribution >= 0.6 is 39.0 Å². The third-order valence-electron chi connectivity index (χ3n) is 3.90. The van der Waals surface area contributed by atoms with Crippen molar-refractivity contribution in [3.8, 4) is 17.2 Å². The zero-order valence-electron chi connectivity index (χ0n) is 14.1. The number of aromatic amines is 1. The number of hydrogen-bond acceptors (Lipinski definition) is 8. The molecule has 3 N–H and O–H groups in total. The van der Waals surface area contributed by atoms with Crippen LogP contribution < -0.4 is 11.3 Å². The van der Waals surface area contributed by atoms with Crippen LogP contribution in [-0.4, -0.2) is 19.9 Å². The fraction of sp³-hybridized carbons (Fsp3) is 0.0556. The van der Waals surface area contributed by atoms with Gasteiger partial charge in [0.1, 0.15) is 28.1 Å². The molecule has 0 aliphatic rings. The summed E-state index contributed by atoms with van der Waals surface area (Å²) in [6.07, 6.45) is 1.38. The molecule has 0 atom stereocenters. The molecule has 0 saturated heterocycles. The fourth-order valence-corrected chi connectivity index (χ4v) is 4.49. The number of thioether (sulfide) groups is 1. The van der Waals surface area contributed by atoms with E-state index >= 15 is 0 Å². The van der Waals surface area contributed by atoms with Crippen molar-refractivity contribution in [2.45, 2.75) is 10.9 Å². The van der Waals surface area contributed by atoms with Gasteiger partial charge in [-0.25, -0.2) is 15.0 Å². The van der Waals surface area contributed by atoms with Gasteiger partial charge in [-0.3, -0.25) is 4.79 Å². The number of hydrogen-bond donors (Lipinski definition) is 2. The predicted molar refractivity (Wildman–Crippen MR) is 114 cm³/mol. The molecule has 0 spiro atoms. The number of fused-ring (bicyclic) bond motifs is 1. The number of aromatic nitrogens is 4. The standard InChI is InChI=1S/C18H11BrN6OS2/c19-11-3-1-9(2-4-11)12-7-27-17-14(12)16(26)23-13(24-17)8-28-18-22-6-10(5-20)15(21)25-18/h1-4,6-7H,8H2,(H2,21,22,25)(H,23,24,26). The van der Waals surface area contributed by atoms with Gasteiger partial charge < -0.3 is 10.7 Å². The number of rotatable bonds is 4. The Labute approximate surface area is 175 Å². The average molecular weight is 471 g/mol. The molecule has 10 heteroatoms. The molecule has 4 aromatic rings. The second-order valence-corrected chi connectivity index (χ2v) is 8.42. The molecule has 0 unspecified atom stereocenters. The molecule has 0 aliphatic carbocycles. The van der Waals surface area contributed by atoms with E-state index in [-0.39, 0.29) is 16.9 Å². The highest BCUT2D eigenvalue weighted by molar-refractivity contribution is 9.10. The lowest BCUT2D eigenvalue weighted by molar-refractivity contribution is 0.961. The van der Waals surface area contributed by atoms with Crippen molar-refractivity contribution in [1.29, 1.82) is 5.26 Å². The van der Waals surface area contributed by atoms with Crippen LogP contribution in [0.25, 0.3) is 21.3 Å². The summed E-state index contributed by atoms with van der Waals surface area (Å²) in [7, 11) is 0. The molecule has 3 heterocycles. The average Bonchev–Trinajstić information content (AvgIpc) is 3.12. The summed E-state index contributed by atoms with van der Waals surface area (Å²) in [6.45, 7) is 0. The molecule has 0 radical (unpaired) electrons. The Bertz CT molecular complexity index is 1280. The van der Waals surface area contributed by atoms with Crippen molar-refractivity contribution in [2.75, 3.05) is 5.73 Å². The van der Waals surface area contributed by atoms with E-state index in [1.165, 1.54) is 29.3 Å². The number of benzene rings is 1. The quantitative estimate of drug-likeness (QED) is 0.341. The molecule has 7 nitrogen and oxygen atoms in total. The first-order valence-corrected chi connectivity index (χ1v) is 10.6. The molecule has 1 aromatic carbocycles. The van der Waals surface area contributed by atoms with E-state index in [1.54, 1.807) is 0 Å². The van der Waals surface area contributed by atoms with Crippen molar-refractivity contribution in [2.24, 2.45) is 0 Å². The van der Waals surface area contributed by atoms with Gasteiger partial charge in [0.05, 0.1) is 17.3 Å². The summed E-state index contributed by atoms with van der Waals surface area (Å²) in [5.74, 6) is 1.04. The van der Waals surface area contributed by atoms with Gasteiger partial charge in [0.15, 0.2) is 5.16 Å². The van der Waals surface area contributed by atoms with Gasteiger partial charge in [0.2, 0.25) is 0 Å². The van der Waals surface area contributed by atoms with Crippen molar-refractivity contribution >= 4 is 55.1 Å². The number of nitrogens with one attached hydrogen (secondary N) is 1.